The second-order valence-electron chi connectivity index (χ2n) is 4.54. The maximum absolute atomic E-state index is 5.83. The van der Waals surface area contributed by atoms with Crippen molar-refractivity contribution in [2.75, 3.05) is 0 Å². The van der Waals surface area contributed by atoms with E-state index in [1.165, 1.54) is 20.5 Å². The van der Waals surface area contributed by atoms with Gasteiger partial charge in [0.25, 0.3) is 0 Å². The van der Waals surface area contributed by atoms with E-state index in [9.17, 15) is 0 Å². The molecule has 0 bridgehead atoms. The topological polar surface area (TPSA) is 9.23 Å². The molecule has 0 radical (unpaired) electrons. The molecule has 19 heavy (non-hydrogen) atoms. The Hall–Kier alpha value is -1.80. The summed E-state index contributed by atoms with van der Waals surface area (Å²) in [5, 5.41) is 1.30. The van der Waals surface area contributed by atoms with E-state index in [1.807, 2.05) is 12.1 Å². The normalized spacial score (nSPS) is 10.8. The lowest BCUT2D eigenvalue weighted by Crippen LogP contribution is -1.92. The number of aryl methyl sites for hydroxylation is 1. The summed E-state index contributed by atoms with van der Waals surface area (Å²) in [7, 11) is 0. The van der Waals surface area contributed by atoms with Crippen molar-refractivity contribution in [3.8, 4) is 5.75 Å². The molecule has 0 N–H and O–H groups in total. The van der Waals surface area contributed by atoms with Crippen molar-refractivity contribution in [3.63, 3.8) is 0 Å². The quantitative estimate of drug-likeness (QED) is 0.644. The Kier molecular flexibility index (Phi) is 3.51. The van der Waals surface area contributed by atoms with E-state index in [-0.39, 0.29) is 0 Å². The molecule has 0 unspecified atom stereocenters. The zero-order valence-corrected chi connectivity index (χ0v) is 11.7. The van der Waals surface area contributed by atoms with E-state index < -0.39 is 0 Å². The fourth-order valence-electron chi connectivity index (χ4n) is 2.08. The summed E-state index contributed by atoms with van der Waals surface area (Å²) in [6.45, 7) is 2.80. The van der Waals surface area contributed by atoms with Crippen LogP contribution in [-0.4, -0.2) is 0 Å². The van der Waals surface area contributed by atoms with Crippen LogP contribution in [0.25, 0.3) is 10.1 Å². The smallest absolute Gasteiger partial charge is 0.122 e. The van der Waals surface area contributed by atoms with Crippen LogP contribution in [0.1, 0.15) is 17.4 Å². The number of hydrogen-bond donors (Lipinski definition) is 0. The first-order chi connectivity index (χ1) is 9.35. The summed E-state index contributed by atoms with van der Waals surface area (Å²) in [5.74, 6) is 0.939. The van der Waals surface area contributed by atoms with Crippen molar-refractivity contribution in [1.29, 1.82) is 0 Å². The van der Waals surface area contributed by atoms with Gasteiger partial charge in [-0.2, -0.15) is 0 Å². The Morgan fingerprint density at radius 3 is 2.53 bits per heavy atom. The lowest BCUT2D eigenvalue weighted by atomic mass is 10.2. The van der Waals surface area contributed by atoms with Crippen LogP contribution in [-0.2, 0) is 13.0 Å². The second-order valence-corrected chi connectivity index (χ2v) is 5.71. The average molecular weight is 268 g/mol. The summed E-state index contributed by atoms with van der Waals surface area (Å²) in [5.41, 5.74) is 1.34. The maximum atomic E-state index is 5.83. The third-order valence-electron chi connectivity index (χ3n) is 3.19. The van der Waals surface area contributed by atoms with Crippen molar-refractivity contribution in [2.24, 2.45) is 0 Å². The van der Waals surface area contributed by atoms with Gasteiger partial charge in [-0.15, -0.1) is 11.3 Å². The molecule has 0 spiro atoms. The van der Waals surface area contributed by atoms with Gasteiger partial charge in [-0.05, 0) is 41.6 Å². The molecule has 96 valence electrons. The number of thiophene rings is 1. The van der Waals surface area contributed by atoms with Gasteiger partial charge in [0.05, 0.1) is 0 Å². The first-order valence-electron chi connectivity index (χ1n) is 6.54. The Bertz CT molecular complexity index is 634. The average Bonchev–Trinajstić information content (AvgIpc) is 2.88. The number of fused-ring (bicyclic) bond motifs is 1. The van der Waals surface area contributed by atoms with Crippen LogP contribution in [0.15, 0.2) is 54.6 Å². The Morgan fingerprint density at radius 1 is 1.00 bits per heavy atom. The third-order valence-corrected chi connectivity index (χ3v) is 4.28. The molecular formula is C17H16OS. The molecule has 3 aromatic rings. The van der Waals surface area contributed by atoms with Crippen LogP contribution in [0.4, 0.5) is 0 Å². The largest absolute Gasteiger partial charge is 0.488 e. The van der Waals surface area contributed by atoms with Crippen molar-refractivity contribution < 1.29 is 4.74 Å². The Labute approximate surface area is 117 Å². The van der Waals surface area contributed by atoms with E-state index in [0.29, 0.717) is 6.61 Å². The second kappa shape index (κ2) is 5.45. The highest BCUT2D eigenvalue weighted by Crippen LogP contribution is 2.26. The number of rotatable bonds is 4. The molecule has 0 saturated heterocycles. The molecule has 0 saturated carbocycles. The minimum absolute atomic E-state index is 0.644. The van der Waals surface area contributed by atoms with Crippen LogP contribution < -0.4 is 4.74 Å². The van der Waals surface area contributed by atoms with Crippen LogP contribution >= 0.6 is 11.3 Å². The predicted molar refractivity (Wildman–Crippen MR) is 82.0 cm³/mol. The lowest BCUT2D eigenvalue weighted by Gasteiger charge is -2.05. The van der Waals surface area contributed by atoms with Gasteiger partial charge in [0.2, 0.25) is 0 Å². The van der Waals surface area contributed by atoms with Gasteiger partial charge in [-0.3, -0.25) is 0 Å². The first-order valence-corrected chi connectivity index (χ1v) is 7.36. The summed E-state index contributed by atoms with van der Waals surface area (Å²) in [6.07, 6.45) is 1.07. The van der Waals surface area contributed by atoms with Crippen molar-refractivity contribution in [3.05, 3.63) is 65.0 Å². The molecule has 3 rings (SSSR count). The zero-order valence-electron chi connectivity index (χ0n) is 10.9. The van der Waals surface area contributed by atoms with Gasteiger partial charge < -0.3 is 4.74 Å². The molecule has 1 heterocycles. The summed E-state index contributed by atoms with van der Waals surface area (Å²) >= 11 is 1.80. The summed E-state index contributed by atoms with van der Waals surface area (Å²) < 4.78 is 7.15. The zero-order chi connectivity index (χ0) is 13.1. The molecule has 1 aromatic heterocycles. The van der Waals surface area contributed by atoms with Gasteiger partial charge >= 0.3 is 0 Å². The minimum Gasteiger partial charge on any atom is -0.488 e. The number of benzene rings is 2. The van der Waals surface area contributed by atoms with Crippen LogP contribution in [0.5, 0.6) is 5.75 Å². The molecule has 0 aliphatic rings. The Balaban J connectivity index is 1.70. The molecule has 0 atom stereocenters. The van der Waals surface area contributed by atoms with Crippen molar-refractivity contribution >= 4 is 21.4 Å². The van der Waals surface area contributed by atoms with Gasteiger partial charge in [-0.25, -0.2) is 0 Å². The van der Waals surface area contributed by atoms with E-state index in [4.69, 9.17) is 4.74 Å². The SMILES string of the molecule is CCc1ccc(OCc2cc3ccccc3s2)cc1. The highest BCUT2D eigenvalue weighted by molar-refractivity contribution is 7.19. The number of hydrogen-bond acceptors (Lipinski definition) is 2. The molecule has 2 heteroatoms. The van der Waals surface area contributed by atoms with Crippen molar-refractivity contribution in [2.45, 2.75) is 20.0 Å². The van der Waals surface area contributed by atoms with E-state index in [2.05, 4.69) is 49.4 Å². The lowest BCUT2D eigenvalue weighted by molar-refractivity contribution is 0.310. The summed E-state index contributed by atoms with van der Waals surface area (Å²) in [6, 6.07) is 19.0. The third kappa shape index (κ3) is 2.79. The summed E-state index contributed by atoms with van der Waals surface area (Å²) in [4.78, 5) is 1.26. The number of ether oxygens (including phenoxy) is 1. The highest BCUT2D eigenvalue weighted by Gasteiger charge is 2.02. The molecule has 0 aliphatic carbocycles. The van der Waals surface area contributed by atoms with Crippen LogP contribution in [0, 0.1) is 0 Å². The first kappa shape index (κ1) is 12.2. The molecular weight excluding hydrogens is 252 g/mol. The maximum Gasteiger partial charge on any atom is 0.122 e. The molecule has 2 aromatic carbocycles. The predicted octanol–water partition coefficient (Wildman–Crippen LogP) is 5.04. The van der Waals surface area contributed by atoms with Crippen molar-refractivity contribution in [1.82, 2.24) is 0 Å². The Morgan fingerprint density at radius 2 is 1.79 bits per heavy atom. The van der Waals surface area contributed by atoms with Gasteiger partial charge in [0, 0.05) is 9.58 Å². The van der Waals surface area contributed by atoms with Gasteiger partial charge in [0.15, 0.2) is 0 Å². The molecule has 0 fully saturated rings. The van der Waals surface area contributed by atoms with E-state index in [1.54, 1.807) is 11.3 Å². The van der Waals surface area contributed by atoms with Crippen LogP contribution in [0.2, 0.25) is 0 Å². The fraction of sp³-hybridized carbons (Fsp3) is 0.176. The van der Waals surface area contributed by atoms with Crippen LogP contribution in [0.3, 0.4) is 0 Å². The standard InChI is InChI=1S/C17H16OS/c1-2-13-7-9-15(10-8-13)18-12-16-11-14-5-3-4-6-17(14)19-16/h3-11H,2,12H2,1H3. The monoisotopic (exact) mass is 268 g/mol. The molecule has 1 nitrogen and oxygen atoms in total. The van der Waals surface area contributed by atoms with E-state index >= 15 is 0 Å². The highest BCUT2D eigenvalue weighted by atomic mass is 32.1. The minimum atomic E-state index is 0.644. The van der Waals surface area contributed by atoms with Gasteiger partial charge in [-0.1, -0.05) is 37.3 Å². The fourth-order valence-corrected chi connectivity index (χ4v) is 3.06. The van der Waals surface area contributed by atoms with Gasteiger partial charge in [0.1, 0.15) is 12.4 Å². The van der Waals surface area contributed by atoms with E-state index in [0.717, 1.165) is 12.2 Å². The molecule has 0 amide bonds. The molecule has 0 aliphatic heterocycles.